The SMILES string of the molecule is COc1cccc(C(O)(c2cccc(Br)c2)C(F)(F)C(F)(F)F)c1. The van der Waals surface area contributed by atoms with E-state index in [0.717, 1.165) is 24.3 Å². The van der Waals surface area contributed by atoms with E-state index >= 15 is 0 Å². The fourth-order valence-corrected chi connectivity index (χ4v) is 2.70. The Hall–Kier alpha value is -1.67. The van der Waals surface area contributed by atoms with Gasteiger partial charge in [-0.05, 0) is 35.4 Å². The Balaban J connectivity index is 2.79. The van der Waals surface area contributed by atoms with Gasteiger partial charge in [0.05, 0.1) is 7.11 Å². The first-order valence-corrected chi connectivity index (χ1v) is 7.41. The second kappa shape index (κ2) is 6.33. The molecule has 130 valence electrons. The van der Waals surface area contributed by atoms with Crippen molar-refractivity contribution in [1.29, 1.82) is 0 Å². The molecule has 2 rings (SSSR count). The summed E-state index contributed by atoms with van der Waals surface area (Å²) in [5, 5.41) is 10.6. The number of aliphatic hydroxyl groups is 1. The van der Waals surface area contributed by atoms with Crippen LogP contribution in [0.1, 0.15) is 11.1 Å². The molecule has 0 bridgehead atoms. The molecule has 0 radical (unpaired) electrons. The summed E-state index contributed by atoms with van der Waals surface area (Å²) in [5.74, 6) is -5.40. The van der Waals surface area contributed by atoms with Gasteiger partial charge in [-0.3, -0.25) is 0 Å². The van der Waals surface area contributed by atoms with Crippen LogP contribution >= 0.6 is 15.9 Å². The van der Waals surface area contributed by atoms with Crippen molar-refractivity contribution in [1.82, 2.24) is 0 Å². The van der Waals surface area contributed by atoms with Crippen LogP contribution in [0.2, 0.25) is 0 Å². The van der Waals surface area contributed by atoms with E-state index in [4.69, 9.17) is 4.74 Å². The minimum absolute atomic E-state index is 0.0406. The molecule has 0 aliphatic carbocycles. The van der Waals surface area contributed by atoms with Crippen LogP contribution in [0.3, 0.4) is 0 Å². The number of halogens is 6. The van der Waals surface area contributed by atoms with Crippen molar-refractivity contribution in [2.45, 2.75) is 17.7 Å². The van der Waals surface area contributed by atoms with Gasteiger partial charge < -0.3 is 9.84 Å². The van der Waals surface area contributed by atoms with Crippen LogP contribution in [0, 0.1) is 0 Å². The molecule has 0 heterocycles. The Morgan fingerprint density at radius 1 is 0.917 bits per heavy atom. The first-order chi connectivity index (χ1) is 11.0. The zero-order chi connectivity index (χ0) is 18.2. The minimum Gasteiger partial charge on any atom is -0.497 e. The average molecular weight is 411 g/mol. The number of benzene rings is 2. The van der Waals surface area contributed by atoms with Gasteiger partial charge in [0.1, 0.15) is 5.75 Å². The molecule has 0 saturated carbocycles. The van der Waals surface area contributed by atoms with Crippen molar-refractivity contribution < 1.29 is 31.8 Å². The molecule has 1 unspecified atom stereocenters. The summed E-state index contributed by atoms with van der Waals surface area (Å²) in [4.78, 5) is 0. The lowest BCUT2D eigenvalue weighted by atomic mass is 9.80. The van der Waals surface area contributed by atoms with E-state index < -0.39 is 28.8 Å². The lowest BCUT2D eigenvalue weighted by Gasteiger charge is -2.37. The molecule has 0 saturated heterocycles. The lowest BCUT2D eigenvalue weighted by Crippen LogP contribution is -2.55. The topological polar surface area (TPSA) is 29.5 Å². The van der Waals surface area contributed by atoms with Crippen LogP contribution < -0.4 is 4.74 Å². The van der Waals surface area contributed by atoms with E-state index in [1.54, 1.807) is 0 Å². The van der Waals surface area contributed by atoms with E-state index in [-0.39, 0.29) is 10.2 Å². The van der Waals surface area contributed by atoms with Gasteiger partial charge >= 0.3 is 12.1 Å². The molecule has 0 fully saturated rings. The quantitative estimate of drug-likeness (QED) is 0.727. The maximum atomic E-state index is 14.3. The third-order valence-corrected chi connectivity index (χ3v) is 4.03. The van der Waals surface area contributed by atoms with E-state index in [9.17, 15) is 27.1 Å². The molecule has 1 N–H and O–H groups in total. The predicted molar refractivity (Wildman–Crippen MR) is 81.1 cm³/mol. The third-order valence-electron chi connectivity index (χ3n) is 3.54. The summed E-state index contributed by atoms with van der Waals surface area (Å²) < 4.78 is 72.8. The molecule has 0 spiro atoms. The van der Waals surface area contributed by atoms with Gasteiger partial charge in [-0.25, -0.2) is 0 Å². The van der Waals surface area contributed by atoms with Crippen LogP contribution in [-0.4, -0.2) is 24.3 Å². The first kappa shape index (κ1) is 18.7. The van der Waals surface area contributed by atoms with Gasteiger partial charge in [-0.15, -0.1) is 0 Å². The molecule has 0 aromatic heterocycles. The molecule has 0 aliphatic heterocycles. The van der Waals surface area contributed by atoms with Crippen molar-refractivity contribution in [3.63, 3.8) is 0 Å². The van der Waals surface area contributed by atoms with E-state index in [2.05, 4.69) is 15.9 Å². The van der Waals surface area contributed by atoms with E-state index in [0.29, 0.717) is 0 Å². The van der Waals surface area contributed by atoms with Crippen LogP contribution in [0.5, 0.6) is 5.75 Å². The normalized spacial score (nSPS) is 15.0. The largest absolute Gasteiger partial charge is 0.497 e. The Kier molecular flexibility index (Phi) is 4.92. The molecule has 8 heteroatoms. The number of methoxy groups -OCH3 is 1. The predicted octanol–water partition coefficient (Wildman–Crippen LogP) is 4.89. The maximum Gasteiger partial charge on any atom is 0.457 e. The molecule has 1 atom stereocenters. The Morgan fingerprint density at radius 2 is 1.46 bits per heavy atom. The highest BCUT2D eigenvalue weighted by Crippen LogP contribution is 2.52. The highest BCUT2D eigenvalue weighted by molar-refractivity contribution is 9.10. The number of hydrogen-bond donors (Lipinski definition) is 1. The summed E-state index contributed by atoms with van der Waals surface area (Å²) in [5.41, 5.74) is -4.86. The van der Waals surface area contributed by atoms with Gasteiger partial charge in [0, 0.05) is 4.47 Å². The zero-order valence-corrected chi connectivity index (χ0v) is 13.8. The van der Waals surface area contributed by atoms with Crippen molar-refractivity contribution >= 4 is 15.9 Å². The van der Waals surface area contributed by atoms with Gasteiger partial charge in [-0.2, -0.15) is 22.0 Å². The second-order valence-electron chi connectivity index (χ2n) is 5.02. The number of ether oxygens (including phenoxy) is 1. The van der Waals surface area contributed by atoms with E-state index in [1.807, 2.05) is 0 Å². The monoisotopic (exact) mass is 410 g/mol. The zero-order valence-electron chi connectivity index (χ0n) is 12.2. The van der Waals surface area contributed by atoms with Crippen molar-refractivity contribution in [3.8, 4) is 5.75 Å². The van der Waals surface area contributed by atoms with Gasteiger partial charge in [0.15, 0.2) is 5.60 Å². The lowest BCUT2D eigenvalue weighted by molar-refractivity contribution is -0.336. The standard InChI is InChI=1S/C16H12BrF5O2/c1-24-13-7-3-5-11(9-13)14(23,15(18,19)16(20,21)22)10-4-2-6-12(17)8-10/h2-9,23H,1H3. The highest BCUT2D eigenvalue weighted by Gasteiger charge is 2.71. The highest BCUT2D eigenvalue weighted by atomic mass is 79.9. The fraction of sp³-hybridized carbons (Fsp3) is 0.250. The number of rotatable bonds is 4. The van der Waals surface area contributed by atoms with Crippen LogP contribution in [0.15, 0.2) is 53.0 Å². The molecule has 0 aliphatic rings. The first-order valence-electron chi connectivity index (χ1n) is 6.61. The summed E-state index contributed by atoms with van der Waals surface area (Å²) in [6.07, 6.45) is -5.97. The van der Waals surface area contributed by atoms with Gasteiger partial charge in [0.25, 0.3) is 0 Å². The fourth-order valence-electron chi connectivity index (χ4n) is 2.30. The summed E-state index contributed by atoms with van der Waals surface area (Å²) in [6, 6.07) is 9.25. The van der Waals surface area contributed by atoms with Crippen LogP contribution in [0.4, 0.5) is 22.0 Å². The van der Waals surface area contributed by atoms with Crippen LogP contribution in [-0.2, 0) is 5.60 Å². The average Bonchev–Trinajstić information content (AvgIpc) is 2.52. The second-order valence-corrected chi connectivity index (χ2v) is 5.94. The van der Waals surface area contributed by atoms with Crippen molar-refractivity contribution in [2.24, 2.45) is 0 Å². The van der Waals surface area contributed by atoms with Crippen molar-refractivity contribution in [2.75, 3.05) is 7.11 Å². The van der Waals surface area contributed by atoms with E-state index in [1.165, 1.54) is 31.4 Å². The Labute approximate surface area is 143 Å². The number of hydrogen-bond acceptors (Lipinski definition) is 2. The van der Waals surface area contributed by atoms with Crippen molar-refractivity contribution in [3.05, 3.63) is 64.1 Å². The Morgan fingerprint density at radius 3 is 1.96 bits per heavy atom. The molecular weight excluding hydrogens is 399 g/mol. The molecule has 0 amide bonds. The maximum absolute atomic E-state index is 14.3. The third kappa shape index (κ3) is 3.00. The summed E-state index contributed by atoms with van der Waals surface area (Å²) >= 11 is 3.01. The van der Waals surface area contributed by atoms with Gasteiger partial charge in [-0.1, -0.05) is 40.2 Å². The molecule has 2 nitrogen and oxygen atoms in total. The van der Waals surface area contributed by atoms with Gasteiger partial charge in [0.2, 0.25) is 0 Å². The molecule has 2 aromatic carbocycles. The Bertz CT molecular complexity index is 732. The number of alkyl halides is 5. The smallest absolute Gasteiger partial charge is 0.457 e. The molecule has 24 heavy (non-hydrogen) atoms. The molecule has 2 aromatic rings. The summed E-state index contributed by atoms with van der Waals surface area (Å²) in [6.45, 7) is 0. The van der Waals surface area contributed by atoms with Crippen LogP contribution in [0.25, 0.3) is 0 Å². The molecular formula is C16H12BrF5O2. The summed E-state index contributed by atoms with van der Waals surface area (Å²) in [7, 11) is 1.24. The minimum atomic E-state index is -5.97.